The van der Waals surface area contributed by atoms with Crippen LogP contribution in [-0.2, 0) is 0 Å². The largest absolute Gasteiger partial charge is 0.371 e. The van der Waals surface area contributed by atoms with Gasteiger partial charge in [-0.3, -0.25) is 4.98 Å². The van der Waals surface area contributed by atoms with Gasteiger partial charge in [-0.1, -0.05) is 26.7 Å². The van der Waals surface area contributed by atoms with Crippen LogP contribution in [0.4, 0.5) is 5.69 Å². The van der Waals surface area contributed by atoms with Gasteiger partial charge >= 0.3 is 0 Å². The van der Waals surface area contributed by atoms with E-state index < -0.39 is 0 Å². The van der Waals surface area contributed by atoms with Crippen molar-refractivity contribution in [1.29, 1.82) is 0 Å². The SMILES string of the molecule is CCCCN(CCCC)c1ccncc1.Cl. The highest BCUT2D eigenvalue weighted by molar-refractivity contribution is 5.85. The third kappa shape index (κ3) is 5.36. The van der Waals surface area contributed by atoms with E-state index in [-0.39, 0.29) is 12.4 Å². The van der Waals surface area contributed by atoms with Crippen LogP contribution < -0.4 is 4.90 Å². The van der Waals surface area contributed by atoms with Crippen LogP contribution in [0.3, 0.4) is 0 Å². The zero-order chi connectivity index (χ0) is 10.9. The van der Waals surface area contributed by atoms with Crippen LogP contribution in [0.5, 0.6) is 0 Å². The Kier molecular flexibility index (Phi) is 9.02. The highest BCUT2D eigenvalue weighted by atomic mass is 35.5. The second-order valence-corrected chi connectivity index (χ2v) is 3.90. The minimum atomic E-state index is 0. The van der Waals surface area contributed by atoms with Crippen molar-refractivity contribution in [3.63, 3.8) is 0 Å². The van der Waals surface area contributed by atoms with E-state index in [1.54, 1.807) is 0 Å². The summed E-state index contributed by atoms with van der Waals surface area (Å²) in [5.41, 5.74) is 1.31. The average Bonchev–Trinajstić information content (AvgIpc) is 2.30. The summed E-state index contributed by atoms with van der Waals surface area (Å²) in [6, 6.07) is 4.20. The van der Waals surface area contributed by atoms with Gasteiger partial charge in [0.1, 0.15) is 0 Å². The summed E-state index contributed by atoms with van der Waals surface area (Å²) in [5, 5.41) is 0. The molecule has 0 aliphatic carbocycles. The van der Waals surface area contributed by atoms with Crippen molar-refractivity contribution >= 4 is 18.1 Å². The van der Waals surface area contributed by atoms with Crippen LogP contribution >= 0.6 is 12.4 Å². The molecule has 0 atom stereocenters. The van der Waals surface area contributed by atoms with Gasteiger partial charge in [-0.05, 0) is 25.0 Å². The lowest BCUT2D eigenvalue weighted by atomic mass is 10.2. The van der Waals surface area contributed by atoms with E-state index in [0.717, 1.165) is 0 Å². The molecule has 0 saturated carbocycles. The van der Waals surface area contributed by atoms with E-state index in [1.165, 1.54) is 44.5 Å². The molecule has 0 aliphatic heterocycles. The molecule has 0 radical (unpaired) electrons. The molecule has 3 heteroatoms. The molecule has 0 aliphatic rings. The van der Waals surface area contributed by atoms with Gasteiger partial charge in [-0.2, -0.15) is 0 Å². The average molecular weight is 243 g/mol. The highest BCUT2D eigenvalue weighted by Crippen LogP contribution is 2.13. The Balaban J connectivity index is 0.00000225. The standard InChI is InChI=1S/C13H22N2.ClH/c1-3-5-11-15(12-6-4-2)13-7-9-14-10-8-13;/h7-10H,3-6,11-12H2,1-2H3;1H. The van der Waals surface area contributed by atoms with Crippen LogP contribution in [0.25, 0.3) is 0 Å². The number of aromatic nitrogens is 1. The quantitative estimate of drug-likeness (QED) is 0.721. The summed E-state index contributed by atoms with van der Waals surface area (Å²) in [5.74, 6) is 0. The Labute approximate surface area is 105 Å². The summed E-state index contributed by atoms with van der Waals surface area (Å²) in [6.45, 7) is 6.82. The van der Waals surface area contributed by atoms with Crippen molar-refractivity contribution in [2.45, 2.75) is 39.5 Å². The Morgan fingerprint density at radius 1 is 1.00 bits per heavy atom. The topological polar surface area (TPSA) is 16.1 Å². The number of pyridine rings is 1. The number of halogens is 1. The molecular weight excluding hydrogens is 220 g/mol. The summed E-state index contributed by atoms with van der Waals surface area (Å²) in [7, 11) is 0. The van der Waals surface area contributed by atoms with Gasteiger partial charge in [0, 0.05) is 31.2 Å². The highest BCUT2D eigenvalue weighted by Gasteiger charge is 2.04. The van der Waals surface area contributed by atoms with Crippen molar-refractivity contribution in [3.8, 4) is 0 Å². The molecule has 0 fully saturated rings. The van der Waals surface area contributed by atoms with Crippen molar-refractivity contribution in [3.05, 3.63) is 24.5 Å². The lowest BCUT2D eigenvalue weighted by molar-refractivity contribution is 0.677. The number of unbranched alkanes of at least 4 members (excludes halogenated alkanes) is 2. The second kappa shape index (κ2) is 9.46. The summed E-state index contributed by atoms with van der Waals surface area (Å²) in [6.07, 6.45) is 8.81. The number of rotatable bonds is 7. The van der Waals surface area contributed by atoms with E-state index in [9.17, 15) is 0 Å². The van der Waals surface area contributed by atoms with Gasteiger partial charge in [-0.25, -0.2) is 0 Å². The molecule has 1 aromatic heterocycles. The molecule has 0 amide bonds. The van der Waals surface area contributed by atoms with Gasteiger partial charge in [0.15, 0.2) is 0 Å². The lowest BCUT2D eigenvalue weighted by Gasteiger charge is -2.24. The van der Waals surface area contributed by atoms with Gasteiger partial charge < -0.3 is 4.90 Å². The molecule has 1 rings (SSSR count). The van der Waals surface area contributed by atoms with Gasteiger partial charge in [0.25, 0.3) is 0 Å². The number of nitrogens with zero attached hydrogens (tertiary/aromatic N) is 2. The van der Waals surface area contributed by atoms with Gasteiger partial charge in [-0.15, -0.1) is 12.4 Å². The fourth-order valence-corrected chi connectivity index (χ4v) is 1.62. The van der Waals surface area contributed by atoms with Crippen LogP contribution in [0, 0.1) is 0 Å². The molecular formula is C13H23ClN2. The first-order valence-corrected chi connectivity index (χ1v) is 6.03. The Morgan fingerprint density at radius 3 is 1.94 bits per heavy atom. The smallest absolute Gasteiger partial charge is 0.0397 e. The second-order valence-electron chi connectivity index (χ2n) is 3.90. The monoisotopic (exact) mass is 242 g/mol. The molecule has 0 saturated heterocycles. The van der Waals surface area contributed by atoms with E-state index in [2.05, 4.69) is 35.9 Å². The van der Waals surface area contributed by atoms with Crippen molar-refractivity contribution in [2.24, 2.45) is 0 Å². The molecule has 0 N–H and O–H groups in total. The van der Waals surface area contributed by atoms with E-state index in [4.69, 9.17) is 0 Å². The molecule has 0 spiro atoms. The van der Waals surface area contributed by atoms with Gasteiger partial charge in [0.2, 0.25) is 0 Å². The lowest BCUT2D eigenvalue weighted by Crippen LogP contribution is -2.25. The summed E-state index contributed by atoms with van der Waals surface area (Å²) < 4.78 is 0. The molecule has 0 bridgehead atoms. The van der Waals surface area contributed by atoms with Crippen molar-refractivity contribution in [2.75, 3.05) is 18.0 Å². The van der Waals surface area contributed by atoms with E-state index in [0.29, 0.717) is 0 Å². The predicted molar refractivity (Wildman–Crippen MR) is 73.5 cm³/mol. The number of anilines is 1. The minimum Gasteiger partial charge on any atom is -0.371 e. The number of hydrogen-bond acceptors (Lipinski definition) is 2. The van der Waals surface area contributed by atoms with Crippen LogP contribution in [-0.4, -0.2) is 18.1 Å². The minimum absolute atomic E-state index is 0. The maximum atomic E-state index is 4.06. The van der Waals surface area contributed by atoms with Crippen LogP contribution in [0.1, 0.15) is 39.5 Å². The molecule has 2 nitrogen and oxygen atoms in total. The molecule has 1 heterocycles. The first kappa shape index (κ1) is 15.2. The van der Waals surface area contributed by atoms with Crippen molar-refractivity contribution < 1.29 is 0 Å². The fourth-order valence-electron chi connectivity index (χ4n) is 1.62. The molecule has 92 valence electrons. The fraction of sp³-hybridized carbons (Fsp3) is 0.615. The Bertz CT molecular complexity index is 243. The third-order valence-electron chi connectivity index (χ3n) is 2.59. The number of hydrogen-bond donors (Lipinski definition) is 0. The van der Waals surface area contributed by atoms with Crippen molar-refractivity contribution in [1.82, 2.24) is 4.98 Å². The first-order chi connectivity index (χ1) is 7.38. The van der Waals surface area contributed by atoms with Crippen LogP contribution in [0.2, 0.25) is 0 Å². The summed E-state index contributed by atoms with van der Waals surface area (Å²) in [4.78, 5) is 6.53. The zero-order valence-electron chi connectivity index (χ0n) is 10.4. The molecule has 16 heavy (non-hydrogen) atoms. The third-order valence-corrected chi connectivity index (χ3v) is 2.59. The normalized spacial score (nSPS) is 9.62. The van der Waals surface area contributed by atoms with E-state index >= 15 is 0 Å². The van der Waals surface area contributed by atoms with Crippen LogP contribution in [0.15, 0.2) is 24.5 Å². The van der Waals surface area contributed by atoms with E-state index in [1.807, 2.05) is 12.4 Å². The molecule has 1 aromatic rings. The maximum absolute atomic E-state index is 4.06. The molecule has 0 unspecified atom stereocenters. The summed E-state index contributed by atoms with van der Waals surface area (Å²) >= 11 is 0. The predicted octanol–water partition coefficient (Wildman–Crippen LogP) is 3.91. The molecule has 0 aromatic carbocycles. The maximum Gasteiger partial charge on any atom is 0.0397 e. The Morgan fingerprint density at radius 2 is 1.50 bits per heavy atom. The van der Waals surface area contributed by atoms with Gasteiger partial charge in [0.05, 0.1) is 0 Å². The zero-order valence-corrected chi connectivity index (χ0v) is 11.2. The Hall–Kier alpha value is -0.760. The first-order valence-electron chi connectivity index (χ1n) is 6.03.